The van der Waals surface area contributed by atoms with E-state index in [1.165, 1.54) is 12.3 Å². The standard InChI is InChI=1S/C20H18ClN3O7S2/c1-8-5-12-16(30-7-29-12)13(11(4)25)15(8)22-19(26)17-18(9(2)6-32-17)33(27,28)24-20-14(21)10(3)23-31-20/h5-6,24H,7H2,1-4H3,(H,22,26). The molecule has 0 fully saturated rings. The largest absolute Gasteiger partial charge is 0.454 e. The highest BCUT2D eigenvalue weighted by atomic mass is 35.5. The number of ketones is 1. The number of carbonyl (C=O) groups excluding carboxylic acids is 2. The highest BCUT2D eigenvalue weighted by molar-refractivity contribution is 7.93. The van der Waals surface area contributed by atoms with E-state index < -0.39 is 15.9 Å². The number of aromatic nitrogens is 1. The summed E-state index contributed by atoms with van der Waals surface area (Å²) in [5.74, 6) is -0.678. The van der Waals surface area contributed by atoms with Gasteiger partial charge in [0.1, 0.15) is 20.5 Å². The summed E-state index contributed by atoms with van der Waals surface area (Å²) < 4.78 is 44.1. The lowest BCUT2D eigenvalue weighted by Gasteiger charge is -2.15. The van der Waals surface area contributed by atoms with Crippen LogP contribution in [0, 0.1) is 20.8 Å². The highest BCUT2D eigenvalue weighted by Crippen LogP contribution is 2.42. The number of ether oxygens (including phenoxy) is 2. The lowest BCUT2D eigenvalue weighted by atomic mass is 10.0. The topological polar surface area (TPSA) is 137 Å². The van der Waals surface area contributed by atoms with Crippen molar-refractivity contribution in [1.82, 2.24) is 5.16 Å². The molecule has 3 heterocycles. The molecule has 2 N–H and O–H groups in total. The van der Waals surface area contributed by atoms with E-state index in [0.29, 0.717) is 22.6 Å². The van der Waals surface area contributed by atoms with Crippen molar-refractivity contribution in [3.63, 3.8) is 0 Å². The van der Waals surface area contributed by atoms with Crippen molar-refractivity contribution in [1.29, 1.82) is 0 Å². The second-order valence-corrected chi connectivity index (χ2v) is 10.2. The molecule has 0 atom stereocenters. The summed E-state index contributed by atoms with van der Waals surface area (Å²) in [4.78, 5) is 25.2. The third-order valence-electron chi connectivity index (χ3n) is 4.86. The van der Waals surface area contributed by atoms with Crippen LogP contribution in [0.5, 0.6) is 11.5 Å². The number of halogens is 1. The fourth-order valence-electron chi connectivity index (χ4n) is 3.36. The Balaban J connectivity index is 1.72. The number of thiophene rings is 1. The molecule has 1 aliphatic rings. The van der Waals surface area contributed by atoms with Crippen molar-refractivity contribution < 1.29 is 32.0 Å². The van der Waals surface area contributed by atoms with E-state index in [0.717, 1.165) is 11.3 Å². The maximum atomic E-state index is 13.2. The Bertz CT molecular complexity index is 1410. The van der Waals surface area contributed by atoms with Crippen molar-refractivity contribution in [3.8, 4) is 11.5 Å². The lowest BCUT2D eigenvalue weighted by Crippen LogP contribution is -2.20. The Kier molecular flexibility index (Phi) is 5.85. The number of amides is 1. The molecule has 4 rings (SSSR count). The van der Waals surface area contributed by atoms with Crippen molar-refractivity contribution in [3.05, 3.63) is 43.7 Å². The van der Waals surface area contributed by atoms with Gasteiger partial charge in [-0.2, -0.15) is 0 Å². The van der Waals surface area contributed by atoms with Crippen LogP contribution in [-0.4, -0.2) is 32.1 Å². The molecule has 1 aromatic carbocycles. The van der Waals surface area contributed by atoms with Crippen LogP contribution in [0.3, 0.4) is 0 Å². The van der Waals surface area contributed by atoms with Crippen molar-refractivity contribution in [2.75, 3.05) is 16.8 Å². The number of carbonyl (C=O) groups is 2. The fraction of sp³-hybridized carbons (Fsp3) is 0.250. The molecule has 0 unspecified atom stereocenters. The molecule has 13 heteroatoms. The quantitative estimate of drug-likeness (QED) is 0.467. The summed E-state index contributed by atoms with van der Waals surface area (Å²) in [7, 11) is -4.25. The van der Waals surface area contributed by atoms with Gasteiger partial charge in [-0.3, -0.25) is 9.59 Å². The smallest absolute Gasteiger partial charge is 0.267 e. The third-order valence-corrected chi connectivity index (χ3v) is 8.05. The number of fused-ring (bicyclic) bond motifs is 1. The Hall–Kier alpha value is -3.09. The SMILES string of the molecule is CC(=O)c1c(NC(=O)c2scc(C)c2S(=O)(=O)Nc2onc(C)c2Cl)c(C)cc2c1OCO2. The van der Waals surface area contributed by atoms with Crippen LogP contribution >= 0.6 is 22.9 Å². The lowest BCUT2D eigenvalue weighted by molar-refractivity contribution is 0.101. The minimum Gasteiger partial charge on any atom is -0.454 e. The van der Waals surface area contributed by atoms with Crippen LogP contribution in [0.15, 0.2) is 20.9 Å². The molecule has 0 aliphatic carbocycles. The zero-order valence-corrected chi connectivity index (χ0v) is 20.3. The second-order valence-electron chi connectivity index (χ2n) is 7.28. The first-order valence-electron chi connectivity index (χ1n) is 9.49. The number of nitrogens with zero attached hydrogens (tertiary/aromatic N) is 1. The average molecular weight is 512 g/mol. The first-order valence-corrected chi connectivity index (χ1v) is 12.2. The van der Waals surface area contributed by atoms with Gasteiger partial charge in [0, 0.05) is 0 Å². The molecule has 0 saturated carbocycles. The van der Waals surface area contributed by atoms with Crippen LogP contribution in [0.25, 0.3) is 0 Å². The predicted octanol–water partition coefficient (Wildman–Crippen LogP) is 4.30. The van der Waals surface area contributed by atoms with Crippen LogP contribution in [0.1, 0.15) is 43.8 Å². The zero-order valence-electron chi connectivity index (χ0n) is 17.9. The van der Waals surface area contributed by atoms with Gasteiger partial charge >= 0.3 is 0 Å². The Morgan fingerprint density at radius 1 is 1.18 bits per heavy atom. The summed E-state index contributed by atoms with van der Waals surface area (Å²) in [5.41, 5.74) is 1.57. The zero-order chi connectivity index (χ0) is 24.1. The number of nitrogens with one attached hydrogen (secondary N) is 2. The van der Waals surface area contributed by atoms with Gasteiger partial charge in [0.2, 0.25) is 6.79 Å². The first kappa shape index (κ1) is 23.1. The van der Waals surface area contributed by atoms with Gasteiger partial charge in [-0.15, -0.1) is 11.3 Å². The van der Waals surface area contributed by atoms with Gasteiger partial charge in [0.05, 0.1) is 11.3 Å². The molecule has 3 aromatic rings. The summed E-state index contributed by atoms with van der Waals surface area (Å²) in [6, 6.07) is 1.64. The molecule has 1 amide bonds. The molecule has 2 aromatic heterocycles. The molecule has 0 saturated heterocycles. The second kappa shape index (κ2) is 8.36. The van der Waals surface area contributed by atoms with Crippen LogP contribution in [-0.2, 0) is 10.0 Å². The van der Waals surface area contributed by atoms with Crippen LogP contribution < -0.4 is 19.5 Å². The Labute approximate surface area is 197 Å². The van der Waals surface area contributed by atoms with Gasteiger partial charge in [-0.05, 0) is 50.3 Å². The monoisotopic (exact) mass is 511 g/mol. The minimum absolute atomic E-state index is 0.0135. The number of benzene rings is 1. The van der Waals surface area contributed by atoms with Crippen LogP contribution in [0.2, 0.25) is 5.02 Å². The molecule has 174 valence electrons. The van der Waals surface area contributed by atoms with Crippen molar-refractivity contribution in [2.45, 2.75) is 32.6 Å². The number of rotatable bonds is 6. The highest BCUT2D eigenvalue weighted by Gasteiger charge is 2.31. The van der Waals surface area contributed by atoms with Gasteiger partial charge < -0.3 is 19.3 Å². The molecule has 0 spiro atoms. The van der Waals surface area contributed by atoms with Gasteiger partial charge in [0.25, 0.3) is 21.8 Å². The molecule has 0 radical (unpaired) electrons. The first-order chi connectivity index (χ1) is 15.5. The summed E-state index contributed by atoms with van der Waals surface area (Å²) >= 11 is 6.97. The average Bonchev–Trinajstić information content (AvgIpc) is 3.43. The van der Waals surface area contributed by atoms with E-state index in [4.69, 9.17) is 25.6 Å². The number of hydrogen-bond acceptors (Lipinski definition) is 9. The number of sulfonamides is 1. The minimum atomic E-state index is -4.25. The molecule has 1 aliphatic heterocycles. The van der Waals surface area contributed by atoms with E-state index >= 15 is 0 Å². The molecule has 10 nitrogen and oxygen atoms in total. The summed E-state index contributed by atoms with van der Waals surface area (Å²) in [6.07, 6.45) is 0. The van der Waals surface area contributed by atoms with E-state index in [2.05, 4.69) is 15.2 Å². The van der Waals surface area contributed by atoms with Crippen molar-refractivity contribution in [2.24, 2.45) is 0 Å². The molecular weight excluding hydrogens is 494 g/mol. The third kappa shape index (κ3) is 4.05. The number of aryl methyl sites for hydroxylation is 3. The maximum Gasteiger partial charge on any atom is 0.267 e. The van der Waals surface area contributed by atoms with Gasteiger partial charge in [-0.25, -0.2) is 13.1 Å². The van der Waals surface area contributed by atoms with E-state index in [1.54, 1.807) is 26.8 Å². The van der Waals surface area contributed by atoms with Crippen molar-refractivity contribution >= 4 is 56.2 Å². The Morgan fingerprint density at radius 3 is 2.55 bits per heavy atom. The Morgan fingerprint density at radius 2 is 1.91 bits per heavy atom. The molecule has 33 heavy (non-hydrogen) atoms. The molecular formula is C20H18ClN3O7S2. The van der Waals surface area contributed by atoms with Crippen LogP contribution in [0.4, 0.5) is 11.6 Å². The summed E-state index contributed by atoms with van der Waals surface area (Å²) in [6.45, 7) is 6.09. The van der Waals surface area contributed by atoms with Gasteiger partial charge in [-0.1, -0.05) is 16.8 Å². The molecule has 0 bridgehead atoms. The number of hydrogen-bond donors (Lipinski definition) is 2. The predicted molar refractivity (Wildman–Crippen MR) is 121 cm³/mol. The number of anilines is 2. The van der Waals surface area contributed by atoms with E-state index in [-0.39, 0.29) is 50.3 Å². The maximum absolute atomic E-state index is 13.2. The normalized spacial score (nSPS) is 12.6. The fourth-order valence-corrected chi connectivity index (χ4v) is 6.22. The number of Topliss-reactive ketones (excluding diaryl/α,β-unsaturated/α-hetero) is 1. The van der Waals surface area contributed by atoms with E-state index in [9.17, 15) is 18.0 Å². The van der Waals surface area contributed by atoms with Gasteiger partial charge in [0.15, 0.2) is 17.3 Å². The van der Waals surface area contributed by atoms with E-state index in [1.807, 2.05) is 0 Å². The summed E-state index contributed by atoms with van der Waals surface area (Å²) in [5, 5.41) is 7.84.